The van der Waals surface area contributed by atoms with E-state index in [4.69, 9.17) is 5.11 Å². The highest BCUT2D eigenvalue weighted by Crippen LogP contribution is 2.44. The third-order valence-electron chi connectivity index (χ3n) is 4.28. The number of aromatic carboxylic acids is 1. The van der Waals surface area contributed by atoms with Gasteiger partial charge >= 0.3 is 5.97 Å². The van der Waals surface area contributed by atoms with Crippen LogP contribution in [0.5, 0.6) is 0 Å². The molecule has 2 aliphatic rings. The number of nitrogens with zero attached hydrogens (tertiary/aromatic N) is 1. The Bertz CT molecular complexity index is 617. The maximum Gasteiger partial charge on any atom is 0.335 e. The van der Waals surface area contributed by atoms with Gasteiger partial charge in [0.1, 0.15) is 0 Å². The van der Waals surface area contributed by atoms with E-state index in [0.717, 1.165) is 0 Å². The fourth-order valence-corrected chi connectivity index (χ4v) is 4.34. The molecule has 1 aromatic carbocycles. The van der Waals surface area contributed by atoms with Crippen molar-refractivity contribution in [3.8, 4) is 0 Å². The molecule has 1 aromatic rings. The Labute approximate surface area is 143 Å². The maximum absolute atomic E-state index is 12.6. The summed E-state index contributed by atoms with van der Waals surface area (Å²) in [5.41, 5.74) is 0.563. The molecule has 1 saturated heterocycles. The Balaban J connectivity index is 1.90. The van der Waals surface area contributed by atoms with Gasteiger partial charge in [-0.25, -0.2) is 4.79 Å². The Morgan fingerprint density at radius 2 is 1.45 bits per heavy atom. The number of benzene rings is 1. The number of carbonyl (C=O) groups excluding carboxylic acids is 2. The summed E-state index contributed by atoms with van der Waals surface area (Å²) in [6.45, 7) is 0. The molecule has 0 unspecified atom stereocenters. The average Bonchev–Trinajstić information content (AvgIpc) is 2.72. The molecule has 0 spiro atoms. The summed E-state index contributed by atoms with van der Waals surface area (Å²) in [6.07, 6.45) is 1.24. The molecule has 1 N–H and O–H groups in total. The molecule has 0 aromatic heterocycles. The van der Waals surface area contributed by atoms with Crippen LogP contribution in [-0.4, -0.2) is 32.5 Å². The van der Waals surface area contributed by atoms with Gasteiger partial charge in [0.2, 0.25) is 11.8 Å². The second-order valence-electron chi connectivity index (χ2n) is 5.58. The second-order valence-corrected chi connectivity index (χ2v) is 7.93. The van der Waals surface area contributed by atoms with Gasteiger partial charge in [-0.05, 0) is 37.1 Å². The first-order valence-electron chi connectivity index (χ1n) is 6.89. The first-order valence-corrected chi connectivity index (χ1v) is 8.72. The zero-order valence-electron chi connectivity index (χ0n) is 11.4. The summed E-state index contributed by atoms with van der Waals surface area (Å²) in [6, 6.07) is 5.82. The lowest BCUT2D eigenvalue weighted by molar-refractivity contribution is -0.122. The molecule has 1 aliphatic heterocycles. The van der Waals surface area contributed by atoms with Gasteiger partial charge in [0, 0.05) is 9.65 Å². The van der Waals surface area contributed by atoms with Gasteiger partial charge < -0.3 is 5.11 Å². The molecule has 0 bridgehead atoms. The number of halogens is 2. The predicted octanol–water partition coefficient (Wildman–Crippen LogP) is 2.81. The highest BCUT2D eigenvalue weighted by Gasteiger charge is 2.52. The third kappa shape index (κ3) is 2.50. The number of alkyl halides is 2. The van der Waals surface area contributed by atoms with E-state index >= 15 is 0 Å². The highest BCUT2D eigenvalue weighted by molar-refractivity contribution is 9.12. The van der Waals surface area contributed by atoms with Crippen molar-refractivity contribution in [2.45, 2.75) is 22.5 Å². The molecule has 1 saturated carbocycles. The van der Waals surface area contributed by atoms with Crippen LogP contribution in [0.4, 0.5) is 5.69 Å². The van der Waals surface area contributed by atoms with Crippen molar-refractivity contribution in [2.75, 3.05) is 4.90 Å². The summed E-state index contributed by atoms with van der Waals surface area (Å²) in [4.78, 5) is 37.6. The van der Waals surface area contributed by atoms with Crippen LogP contribution in [0, 0.1) is 11.8 Å². The maximum atomic E-state index is 12.6. The monoisotopic (exact) mass is 429 g/mol. The van der Waals surface area contributed by atoms with E-state index in [1.165, 1.54) is 29.2 Å². The van der Waals surface area contributed by atoms with E-state index in [2.05, 4.69) is 31.9 Å². The number of anilines is 1. The molecule has 5 nitrogen and oxygen atoms in total. The normalized spacial score (nSPS) is 31.3. The molecule has 2 fully saturated rings. The minimum Gasteiger partial charge on any atom is -0.478 e. The molecule has 1 heterocycles. The zero-order chi connectivity index (χ0) is 16.0. The molecule has 3 rings (SSSR count). The van der Waals surface area contributed by atoms with Crippen molar-refractivity contribution >= 4 is 55.3 Å². The molecular formula is C15H13Br2NO4. The lowest BCUT2D eigenvalue weighted by Crippen LogP contribution is -2.34. The minimum atomic E-state index is -1.04. The van der Waals surface area contributed by atoms with E-state index < -0.39 is 5.97 Å². The molecule has 116 valence electrons. The third-order valence-corrected chi connectivity index (χ3v) is 7.02. The number of amides is 2. The van der Waals surface area contributed by atoms with Gasteiger partial charge in [0.25, 0.3) is 0 Å². The van der Waals surface area contributed by atoms with E-state index in [1.54, 1.807) is 0 Å². The predicted molar refractivity (Wildman–Crippen MR) is 87.5 cm³/mol. The molecular weight excluding hydrogens is 418 g/mol. The Kier molecular flexibility index (Phi) is 4.11. The minimum absolute atomic E-state index is 0.126. The van der Waals surface area contributed by atoms with Gasteiger partial charge in [-0.15, -0.1) is 0 Å². The van der Waals surface area contributed by atoms with Gasteiger partial charge in [-0.2, -0.15) is 0 Å². The topological polar surface area (TPSA) is 74.7 Å². The van der Waals surface area contributed by atoms with Crippen molar-refractivity contribution < 1.29 is 19.5 Å². The summed E-state index contributed by atoms with van der Waals surface area (Å²) in [7, 11) is 0. The van der Waals surface area contributed by atoms with E-state index in [-0.39, 0.29) is 38.9 Å². The standard InChI is InChI=1S/C15H13Br2NO4/c16-11-5-9-10(6-12(11)17)14(20)18(13(9)19)8-3-1-7(2-4-8)15(21)22/h1-4,9-12H,5-6H2,(H,21,22)/t9-,10-,11-,12+/m1/s1. The molecule has 2 amide bonds. The number of carbonyl (C=O) groups is 3. The van der Waals surface area contributed by atoms with Crippen LogP contribution in [0.1, 0.15) is 23.2 Å². The summed E-state index contributed by atoms with van der Waals surface area (Å²) >= 11 is 7.09. The lowest BCUT2D eigenvalue weighted by atomic mass is 9.81. The number of rotatable bonds is 2. The van der Waals surface area contributed by atoms with Gasteiger partial charge in [0.15, 0.2) is 0 Å². The first-order chi connectivity index (χ1) is 10.4. The molecule has 4 atom stereocenters. The van der Waals surface area contributed by atoms with Crippen molar-refractivity contribution in [3.63, 3.8) is 0 Å². The molecule has 7 heteroatoms. The largest absolute Gasteiger partial charge is 0.478 e. The van der Waals surface area contributed by atoms with Gasteiger partial charge in [-0.3, -0.25) is 14.5 Å². The number of carboxylic acid groups (broad SMARTS) is 1. The Hall–Kier alpha value is -1.21. The van der Waals surface area contributed by atoms with Crippen LogP contribution < -0.4 is 4.90 Å². The Morgan fingerprint density at radius 1 is 1.00 bits per heavy atom. The summed E-state index contributed by atoms with van der Waals surface area (Å²) in [5, 5.41) is 8.91. The Morgan fingerprint density at radius 3 is 1.86 bits per heavy atom. The number of hydrogen-bond donors (Lipinski definition) is 1. The summed E-state index contributed by atoms with van der Waals surface area (Å²) in [5.74, 6) is -2.03. The molecule has 0 radical (unpaired) electrons. The SMILES string of the molecule is O=C(O)c1ccc(N2C(=O)[C@@H]3C[C@@H](Br)[C@@H](Br)C[C@H]3C2=O)cc1. The average molecular weight is 431 g/mol. The number of fused-ring (bicyclic) bond motifs is 1. The number of imide groups is 1. The fourth-order valence-electron chi connectivity index (χ4n) is 3.10. The quantitative estimate of drug-likeness (QED) is 0.578. The van der Waals surface area contributed by atoms with Crippen molar-refractivity contribution in [2.24, 2.45) is 11.8 Å². The molecule has 1 aliphatic carbocycles. The second kappa shape index (κ2) is 5.77. The van der Waals surface area contributed by atoms with Crippen LogP contribution in [-0.2, 0) is 9.59 Å². The van der Waals surface area contributed by atoms with Crippen molar-refractivity contribution in [1.82, 2.24) is 0 Å². The fraction of sp³-hybridized carbons (Fsp3) is 0.400. The summed E-state index contributed by atoms with van der Waals surface area (Å²) < 4.78 is 0. The van der Waals surface area contributed by atoms with Crippen molar-refractivity contribution in [3.05, 3.63) is 29.8 Å². The van der Waals surface area contributed by atoms with Crippen LogP contribution in [0.3, 0.4) is 0 Å². The smallest absolute Gasteiger partial charge is 0.335 e. The number of carboxylic acids is 1. The van der Waals surface area contributed by atoms with Crippen LogP contribution in [0.25, 0.3) is 0 Å². The molecule has 22 heavy (non-hydrogen) atoms. The van der Waals surface area contributed by atoms with Crippen LogP contribution in [0.15, 0.2) is 24.3 Å². The van der Waals surface area contributed by atoms with E-state index in [9.17, 15) is 14.4 Å². The van der Waals surface area contributed by atoms with Crippen LogP contribution in [0.2, 0.25) is 0 Å². The lowest BCUT2D eigenvalue weighted by Gasteiger charge is -2.29. The van der Waals surface area contributed by atoms with Gasteiger partial charge in [0.05, 0.1) is 23.1 Å². The van der Waals surface area contributed by atoms with Gasteiger partial charge in [-0.1, -0.05) is 31.9 Å². The van der Waals surface area contributed by atoms with Crippen LogP contribution >= 0.6 is 31.9 Å². The number of hydrogen-bond acceptors (Lipinski definition) is 3. The van der Waals surface area contributed by atoms with Crippen molar-refractivity contribution in [1.29, 1.82) is 0 Å². The highest BCUT2D eigenvalue weighted by atomic mass is 79.9. The first kappa shape index (κ1) is 15.7. The van der Waals surface area contributed by atoms with E-state index in [1.807, 2.05) is 0 Å². The zero-order valence-corrected chi connectivity index (χ0v) is 14.6. The van der Waals surface area contributed by atoms with E-state index in [0.29, 0.717) is 18.5 Å².